The summed E-state index contributed by atoms with van der Waals surface area (Å²) in [6.07, 6.45) is 5.76. The lowest BCUT2D eigenvalue weighted by atomic mass is 10.1. The molecule has 1 aromatic carbocycles. The third-order valence-corrected chi connectivity index (χ3v) is 3.20. The second kappa shape index (κ2) is 9.13. The Morgan fingerprint density at radius 2 is 1.95 bits per heavy atom. The lowest BCUT2D eigenvalue weighted by Gasteiger charge is -2.16. The number of rotatable bonds is 9. The smallest absolute Gasteiger partial charge is 0.338 e. The zero-order valence-electron chi connectivity index (χ0n) is 12.2. The molecule has 0 aliphatic carbocycles. The summed E-state index contributed by atoms with van der Waals surface area (Å²) in [5, 5.41) is 2.53. The fourth-order valence-electron chi connectivity index (χ4n) is 1.96. The molecule has 1 N–H and O–H groups in total. The zero-order chi connectivity index (χ0) is 14.8. The number of hydrogen-bond acceptors (Lipinski definition) is 3. The van der Waals surface area contributed by atoms with Crippen LogP contribution in [0.2, 0.25) is 0 Å². The molecule has 110 valence electrons. The van der Waals surface area contributed by atoms with Gasteiger partial charge in [-0.2, -0.15) is 0 Å². The average molecular weight is 277 g/mol. The molecule has 0 bridgehead atoms. The van der Waals surface area contributed by atoms with Crippen molar-refractivity contribution in [1.29, 1.82) is 0 Å². The molecule has 0 heterocycles. The highest BCUT2D eigenvalue weighted by atomic mass is 16.5. The molecule has 4 heteroatoms. The molecule has 1 rings (SSSR count). The van der Waals surface area contributed by atoms with Crippen molar-refractivity contribution in [2.75, 3.05) is 5.32 Å². The number of nitrogens with one attached hydrogen (secondary N) is 1. The molecule has 0 saturated carbocycles. The molecule has 4 nitrogen and oxygen atoms in total. The van der Waals surface area contributed by atoms with Crippen LogP contribution in [-0.4, -0.2) is 18.5 Å². The van der Waals surface area contributed by atoms with Gasteiger partial charge in [-0.15, -0.1) is 0 Å². The predicted molar refractivity (Wildman–Crippen MR) is 79.8 cm³/mol. The largest absolute Gasteiger partial charge is 0.459 e. The maximum absolute atomic E-state index is 12.0. The van der Waals surface area contributed by atoms with E-state index in [0.717, 1.165) is 25.7 Å². The van der Waals surface area contributed by atoms with Gasteiger partial charge in [0.1, 0.15) is 6.10 Å². The van der Waals surface area contributed by atoms with E-state index in [1.807, 2.05) is 6.92 Å². The van der Waals surface area contributed by atoms with E-state index >= 15 is 0 Å². The molecule has 0 fully saturated rings. The van der Waals surface area contributed by atoms with E-state index in [1.165, 1.54) is 6.42 Å². The third-order valence-electron chi connectivity index (χ3n) is 3.20. The van der Waals surface area contributed by atoms with Crippen molar-refractivity contribution in [3.63, 3.8) is 0 Å². The van der Waals surface area contributed by atoms with Gasteiger partial charge >= 0.3 is 5.97 Å². The van der Waals surface area contributed by atoms with Gasteiger partial charge in [0.2, 0.25) is 6.41 Å². The van der Waals surface area contributed by atoms with Crippen LogP contribution in [0.3, 0.4) is 0 Å². The molecule has 0 aliphatic rings. The average Bonchev–Trinajstić information content (AvgIpc) is 2.47. The molecule has 1 aromatic rings. The number of carbonyl (C=O) groups excluding carboxylic acids is 2. The SMILES string of the molecule is CCCCCC(CC)OC(=O)c1ccc(NC=O)cc1. The van der Waals surface area contributed by atoms with Crippen molar-refractivity contribution >= 4 is 18.1 Å². The number of esters is 1. The molecule has 0 saturated heterocycles. The van der Waals surface area contributed by atoms with Gasteiger partial charge in [0.05, 0.1) is 5.56 Å². The number of hydrogen-bond donors (Lipinski definition) is 1. The fraction of sp³-hybridized carbons (Fsp3) is 0.500. The predicted octanol–water partition coefficient (Wildman–Crippen LogP) is 3.77. The minimum Gasteiger partial charge on any atom is -0.459 e. The van der Waals surface area contributed by atoms with E-state index < -0.39 is 0 Å². The maximum atomic E-state index is 12.0. The van der Waals surface area contributed by atoms with Crippen LogP contribution >= 0.6 is 0 Å². The molecule has 1 amide bonds. The minimum atomic E-state index is -0.300. The van der Waals surface area contributed by atoms with E-state index in [9.17, 15) is 9.59 Å². The van der Waals surface area contributed by atoms with Crippen LogP contribution in [0, 0.1) is 0 Å². The van der Waals surface area contributed by atoms with E-state index in [0.29, 0.717) is 17.7 Å². The molecule has 0 aromatic heterocycles. The van der Waals surface area contributed by atoms with Crippen LogP contribution < -0.4 is 5.32 Å². The first-order valence-corrected chi connectivity index (χ1v) is 7.22. The van der Waals surface area contributed by atoms with Crippen molar-refractivity contribution in [1.82, 2.24) is 0 Å². The first-order valence-electron chi connectivity index (χ1n) is 7.22. The molecule has 0 aliphatic heterocycles. The fourth-order valence-corrected chi connectivity index (χ4v) is 1.96. The van der Waals surface area contributed by atoms with Crippen LogP contribution in [-0.2, 0) is 9.53 Å². The number of anilines is 1. The van der Waals surface area contributed by atoms with Crippen molar-refractivity contribution in [2.45, 2.75) is 52.1 Å². The summed E-state index contributed by atoms with van der Waals surface area (Å²) in [5.41, 5.74) is 1.17. The van der Waals surface area contributed by atoms with E-state index in [-0.39, 0.29) is 12.1 Å². The first kappa shape index (κ1) is 16.2. The van der Waals surface area contributed by atoms with Gasteiger partial charge in [0, 0.05) is 5.69 Å². The molecule has 0 radical (unpaired) electrons. The molecule has 0 spiro atoms. The van der Waals surface area contributed by atoms with Gasteiger partial charge in [-0.05, 0) is 43.5 Å². The lowest BCUT2D eigenvalue weighted by molar-refractivity contribution is -0.105. The third kappa shape index (κ3) is 5.43. The van der Waals surface area contributed by atoms with E-state index in [1.54, 1.807) is 24.3 Å². The summed E-state index contributed by atoms with van der Waals surface area (Å²) in [5.74, 6) is -0.300. The summed E-state index contributed by atoms with van der Waals surface area (Å²) in [6, 6.07) is 6.69. The van der Waals surface area contributed by atoms with Crippen molar-refractivity contribution in [3.05, 3.63) is 29.8 Å². The van der Waals surface area contributed by atoms with E-state index in [2.05, 4.69) is 12.2 Å². The highest BCUT2D eigenvalue weighted by molar-refractivity contribution is 5.90. The van der Waals surface area contributed by atoms with Crippen LogP contribution in [0.15, 0.2) is 24.3 Å². The summed E-state index contributed by atoms with van der Waals surface area (Å²) in [7, 11) is 0. The Balaban J connectivity index is 2.53. The molecular weight excluding hydrogens is 254 g/mol. The quantitative estimate of drug-likeness (QED) is 0.424. The summed E-state index contributed by atoms with van der Waals surface area (Å²) < 4.78 is 5.50. The Hall–Kier alpha value is -1.84. The first-order chi connectivity index (χ1) is 9.71. The lowest BCUT2D eigenvalue weighted by Crippen LogP contribution is -2.17. The van der Waals surface area contributed by atoms with Gasteiger partial charge < -0.3 is 10.1 Å². The van der Waals surface area contributed by atoms with Gasteiger partial charge in [-0.25, -0.2) is 4.79 Å². The summed E-state index contributed by atoms with van der Waals surface area (Å²) in [4.78, 5) is 22.3. The van der Waals surface area contributed by atoms with Crippen molar-refractivity contribution < 1.29 is 14.3 Å². The Morgan fingerprint density at radius 3 is 2.50 bits per heavy atom. The van der Waals surface area contributed by atoms with Gasteiger partial charge in [-0.3, -0.25) is 4.79 Å². The Kier molecular flexibility index (Phi) is 7.40. The Bertz CT molecular complexity index is 414. The van der Waals surface area contributed by atoms with Crippen LogP contribution in [0.4, 0.5) is 5.69 Å². The number of carbonyl (C=O) groups is 2. The summed E-state index contributed by atoms with van der Waals surface area (Å²) in [6.45, 7) is 4.18. The second-order valence-electron chi connectivity index (χ2n) is 4.77. The number of amides is 1. The standard InChI is InChI=1S/C16H23NO3/c1-3-5-6-7-15(4-2)20-16(19)13-8-10-14(11-9-13)17-12-18/h8-12,15H,3-7H2,1-2H3,(H,17,18). The number of ether oxygens (including phenoxy) is 1. The molecular formula is C16H23NO3. The van der Waals surface area contributed by atoms with Gasteiger partial charge in [0.25, 0.3) is 0 Å². The van der Waals surface area contributed by atoms with Crippen molar-refractivity contribution in [2.24, 2.45) is 0 Å². The number of benzene rings is 1. The number of unbranched alkanes of at least 4 members (excludes halogenated alkanes) is 2. The molecule has 1 atom stereocenters. The van der Waals surface area contributed by atoms with Crippen LogP contribution in [0.1, 0.15) is 56.3 Å². The second-order valence-corrected chi connectivity index (χ2v) is 4.77. The zero-order valence-corrected chi connectivity index (χ0v) is 12.2. The minimum absolute atomic E-state index is 0.0122. The highest BCUT2D eigenvalue weighted by Gasteiger charge is 2.14. The van der Waals surface area contributed by atoms with E-state index in [4.69, 9.17) is 4.74 Å². The maximum Gasteiger partial charge on any atom is 0.338 e. The Labute approximate surface area is 120 Å². The molecule has 20 heavy (non-hydrogen) atoms. The van der Waals surface area contributed by atoms with Gasteiger partial charge in [-0.1, -0.05) is 26.7 Å². The summed E-state index contributed by atoms with van der Waals surface area (Å²) >= 11 is 0. The topological polar surface area (TPSA) is 55.4 Å². The van der Waals surface area contributed by atoms with Crippen LogP contribution in [0.5, 0.6) is 0 Å². The highest BCUT2D eigenvalue weighted by Crippen LogP contribution is 2.14. The van der Waals surface area contributed by atoms with Gasteiger partial charge in [0.15, 0.2) is 0 Å². The Morgan fingerprint density at radius 1 is 1.25 bits per heavy atom. The monoisotopic (exact) mass is 277 g/mol. The normalized spacial score (nSPS) is 11.7. The molecule has 1 unspecified atom stereocenters. The van der Waals surface area contributed by atoms with Crippen LogP contribution in [0.25, 0.3) is 0 Å². The van der Waals surface area contributed by atoms with Crippen molar-refractivity contribution in [3.8, 4) is 0 Å².